The molecule has 2 N–H and O–H groups in total. The molecule has 0 atom stereocenters. The highest BCUT2D eigenvalue weighted by atomic mass is 35.5. The molecule has 0 bridgehead atoms. The van der Waals surface area contributed by atoms with E-state index in [0.717, 1.165) is 11.3 Å². The Morgan fingerprint density at radius 2 is 1.95 bits per heavy atom. The van der Waals surface area contributed by atoms with Gasteiger partial charge in [0.1, 0.15) is 0 Å². The van der Waals surface area contributed by atoms with Crippen molar-refractivity contribution in [2.75, 3.05) is 11.6 Å². The fraction of sp³-hybridized carbons (Fsp3) is 0.133. The summed E-state index contributed by atoms with van der Waals surface area (Å²) in [6, 6.07) is 13.1. The van der Waals surface area contributed by atoms with Gasteiger partial charge in [-0.1, -0.05) is 23.7 Å². The standard InChI is InChI=1S/C15H14ClNO2S/c1-20-12-5-2-10(3-6-12)9-17-11-4-7-13(15(18)19)14(16)8-11/h2-8,17H,9H2,1H3,(H,18,19). The van der Waals surface area contributed by atoms with E-state index in [0.29, 0.717) is 6.54 Å². The van der Waals surface area contributed by atoms with Gasteiger partial charge in [-0.25, -0.2) is 4.79 Å². The van der Waals surface area contributed by atoms with Crippen LogP contribution in [0.25, 0.3) is 0 Å². The molecule has 0 aliphatic heterocycles. The van der Waals surface area contributed by atoms with Crippen LogP contribution >= 0.6 is 23.4 Å². The molecule has 104 valence electrons. The second kappa shape index (κ2) is 6.68. The predicted octanol–water partition coefficient (Wildman–Crippen LogP) is 4.37. The van der Waals surface area contributed by atoms with Crippen molar-refractivity contribution in [2.45, 2.75) is 11.4 Å². The third-order valence-corrected chi connectivity index (χ3v) is 3.91. The Labute approximate surface area is 127 Å². The average molecular weight is 308 g/mol. The van der Waals surface area contributed by atoms with Crippen LogP contribution < -0.4 is 5.32 Å². The number of halogens is 1. The molecule has 2 rings (SSSR count). The fourth-order valence-electron chi connectivity index (χ4n) is 1.75. The molecule has 0 amide bonds. The second-order valence-electron chi connectivity index (χ2n) is 4.20. The number of anilines is 1. The molecule has 0 unspecified atom stereocenters. The first-order valence-electron chi connectivity index (χ1n) is 6.00. The van der Waals surface area contributed by atoms with Gasteiger partial charge in [0, 0.05) is 17.1 Å². The van der Waals surface area contributed by atoms with Gasteiger partial charge < -0.3 is 10.4 Å². The zero-order chi connectivity index (χ0) is 14.5. The van der Waals surface area contributed by atoms with Crippen molar-refractivity contribution in [3.8, 4) is 0 Å². The van der Waals surface area contributed by atoms with E-state index in [1.54, 1.807) is 23.9 Å². The second-order valence-corrected chi connectivity index (χ2v) is 5.49. The summed E-state index contributed by atoms with van der Waals surface area (Å²) in [4.78, 5) is 12.1. The van der Waals surface area contributed by atoms with Crippen molar-refractivity contribution < 1.29 is 9.90 Å². The van der Waals surface area contributed by atoms with Gasteiger partial charge in [0.05, 0.1) is 10.6 Å². The molecule has 0 saturated carbocycles. The number of thioether (sulfide) groups is 1. The van der Waals surface area contributed by atoms with Crippen molar-refractivity contribution in [3.63, 3.8) is 0 Å². The maximum Gasteiger partial charge on any atom is 0.337 e. The fourth-order valence-corrected chi connectivity index (χ4v) is 2.42. The van der Waals surface area contributed by atoms with Crippen LogP contribution in [-0.2, 0) is 6.54 Å². The number of carboxylic acids is 1. The van der Waals surface area contributed by atoms with E-state index in [2.05, 4.69) is 29.6 Å². The van der Waals surface area contributed by atoms with Crippen LogP contribution in [-0.4, -0.2) is 17.3 Å². The minimum Gasteiger partial charge on any atom is -0.478 e. The summed E-state index contributed by atoms with van der Waals surface area (Å²) < 4.78 is 0. The van der Waals surface area contributed by atoms with E-state index in [1.807, 2.05) is 6.26 Å². The zero-order valence-electron chi connectivity index (χ0n) is 10.9. The summed E-state index contributed by atoms with van der Waals surface area (Å²) in [6.07, 6.45) is 2.04. The van der Waals surface area contributed by atoms with Crippen molar-refractivity contribution in [3.05, 3.63) is 58.6 Å². The van der Waals surface area contributed by atoms with Gasteiger partial charge >= 0.3 is 5.97 Å². The molecule has 5 heteroatoms. The summed E-state index contributed by atoms with van der Waals surface area (Å²) in [5.41, 5.74) is 2.07. The van der Waals surface area contributed by atoms with Crippen LogP contribution in [0, 0.1) is 0 Å². The molecule has 0 radical (unpaired) electrons. The van der Waals surface area contributed by atoms with Crippen LogP contribution in [0.15, 0.2) is 47.4 Å². The molecule has 3 nitrogen and oxygen atoms in total. The van der Waals surface area contributed by atoms with Gasteiger partial charge in [0.2, 0.25) is 0 Å². The Morgan fingerprint density at radius 1 is 1.25 bits per heavy atom. The maximum atomic E-state index is 10.9. The molecule has 0 aromatic heterocycles. The molecule has 0 spiro atoms. The molecule has 0 aliphatic rings. The van der Waals surface area contributed by atoms with E-state index in [4.69, 9.17) is 16.7 Å². The number of carbonyl (C=O) groups is 1. The van der Waals surface area contributed by atoms with Crippen LogP contribution in [0.1, 0.15) is 15.9 Å². The highest BCUT2D eigenvalue weighted by molar-refractivity contribution is 7.98. The first-order chi connectivity index (χ1) is 9.60. The molecular formula is C15H14ClNO2S. The molecule has 2 aromatic rings. The number of hydrogen-bond acceptors (Lipinski definition) is 3. The third-order valence-electron chi connectivity index (χ3n) is 2.86. The van der Waals surface area contributed by atoms with E-state index < -0.39 is 5.97 Å². The van der Waals surface area contributed by atoms with Gasteiger partial charge in [0.25, 0.3) is 0 Å². The lowest BCUT2D eigenvalue weighted by molar-refractivity contribution is 0.0697. The number of nitrogens with one attached hydrogen (secondary N) is 1. The molecule has 0 heterocycles. The first-order valence-corrected chi connectivity index (χ1v) is 7.60. The zero-order valence-corrected chi connectivity index (χ0v) is 12.5. The van der Waals surface area contributed by atoms with Gasteiger partial charge in [-0.2, -0.15) is 0 Å². The van der Waals surface area contributed by atoms with E-state index in [1.165, 1.54) is 11.0 Å². The summed E-state index contributed by atoms with van der Waals surface area (Å²) in [6.45, 7) is 0.664. The number of aromatic carboxylic acids is 1. The number of carboxylic acid groups (broad SMARTS) is 1. The van der Waals surface area contributed by atoms with Gasteiger partial charge in [-0.3, -0.25) is 0 Å². The SMILES string of the molecule is CSc1ccc(CNc2ccc(C(=O)O)c(Cl)c2)cc1. The largest absolute Gasteiger partial charge is 0.478 e. The van der Waals surface area contributed by atoms with Gasteiger partial charge in [-0.15, -0.1) is 11.8 Å². The number of hydrogen-bond donors (Lipinski definition) is 2. The molecule has 0 aliphatic carbocycles. The summed E-state index contributed by atoms with van der Waals surface area (Å²) in [7, 11) is 0. The molecule has 20 heavy (non-hydrogen) atoms. The Morgan fingerprint density at radius 3 is 2.50 bits per heavy atom. The predicted molar refractivity (Wildman–Crippen MR) is 84.0 cm³/mol. The minimum absolute atomic E-state index is 0.113. The van der Waals surface area contributed by atoms with Crippen LogP contribution in [0.5, 0.6) is 0 Å². The highest BCUT2D eigenvalue weighted by Gasteiger charge is 2.08. The minimum atomic E-state index is -1.02. The van der Waals surface area contributed by atoms with E-state index in [-0.39, 0.29) is 10.6 Å². The Hall–Kier alpha value is -1.65. The highest BCUT2D eigenvalue weighted by Crippen LogP contribution is 2.22. The molecule has 2 aromatic carbocycles. The lowest BCUT2D eigenvalue weighted by atomic mass is 10.2. The molecule has 0 fully saturated rings. The number of benzene rings is 2. The average Bonchev–Trinajstić information content (AvgIpc) is 2.45. The van der Waals surface area contributed by atoms with E-state index >= 15 is 0 Å². The maximum absolute atomic E-state index is 10.9. The van der Waals surface area contributed by atoms with Crippen molar-refractivity contribution >= 4 is 35.0 Å². The topological polar surface area (TPSA) is 49.3 Å². The van der Waals surface area contributed by atoms with Crippen molar-refractivity contribution in [1.29, 1.82) is 0 Å². The Bertz CT molecular complexity index is 614. The van der Waals surface area contributed by atoms with Crippen molar-refractivity contribution in [1.82, 2.24) is 0 Å². The summed E-state index contributed by atoms with van der Waals surface area (Å²) in [5.74, 6) is -1.02. The summed E-state index contributed by atoms with van der Waals surface area (Å²) in [5, 5.41) is 12.4. The van der Waals surface area contributed by atoms with Gasteiger partial charge in [0.15, 0.2) is 0 Å². The normalized spacial score (nSPS) is 10.3. The van der Waals surface area contributed by atoms with Crippen molar-refractivity contribution in [2.24, 2.45) is 0 Å². The van der Waals surface area contributed by atoms with Crippen LogP contribution in [0.3, 0.4) is 0 Å². The lowest BCUT2D eigenvalue weighted by Crippen LogP contribution is -2.01. The smallest absolute Gasteiger partial charge is 0.337 e. The first kappa shape index (κ1) is 14.8. The third kappa shape index (κ3) is 3.68. The van der Waals surface area contributed by atoms with Gasteiger partial charge in [-0.05, 0) is 42.2 Å². The lowest BCUT2D eigenvalue weighted by Gasteiger charge is -2.08. The molecular weight excluding hydrogens is 294 g/mol. The Kier molecular flexibility index (Phi) is 4.93. The Balaban J connectivity index is 2.03. The van der Waals surface area contributed by atoms with E-state index in [9.17, 15) is 4.79 Å². The quantitative estimate of drug-likeness (QED) is 0.805. The summed E-state index contributed by atoms with van der Waals surface area (Å²) >= 11 is 7.63. The monoisotopic (exact) mass is 307 g/mol. The van der Waals surface area contributed by atoms with Crippen LogP contribution in [0.4, 0.5) is 5.69 Å². The molecule has 0 saturated heterocycles. The number of rotatable bonds is 5. The van der Waals surface area contributed by atoms with Crippen LogP contribution in [0.2, 0.25) is 5.02 Å².